The Hall–Kier alpha value is -1.94. The van der Waals surface area contributed by atoms with E-state index in [9.17, 15) is 0 Å². The second kappa shape index (κ2) is 9.84. The van der Waals surface area contributed by atoms with E-state index in [2.05, 4.69) is 73.5 Å². The summed E-state index contributed by atoms with van der Waals surface area (Å²) in [6, 6.07) is 16.4. The van der Waals surface area contributed by atoms with Crippen LogP contribution in [0.2, 0.25) is 0 Å². The predicted octanol–water partition coefficient (Wildman–Crippen LogP) is 4.65. The molecular weight excluding hydrogens is 334 g/mol. The molecule has 4 rings (SSSR count). The smallest absolute Gasteiger partial charge is 0.148 e. The van der Waals surface area contributed by atoms with Crippen molar-refractivity contribution in [2.75, 3.05) is 13.6 Å². The van der Waals surface area contributed by atoms with Gasteiger partial charge in [-0.2, -0.15) is 0 Å². The molecule has 2 N–H and O–H groups in total. The van der Waals surface area contributed by atoms with Crippen LogP contribution in [-0.4, -0.2) is 35.0 Å². The molecule has 2 aromatic carbocycles. The van der Waals surface area contributed by atoms with E-state index in [1.807, 2.05) is 13.8 Å². The minimum Gasteiger partial charge on any atom is -0.368 e. The molecule has 2 aliphatic rings. The number of nitrogens with zero attached hydrogens (tertiary/aromatic N) is 1. The van der Waals surface area contributed by atoms with Crippen LogP contribution < -0.4 is 0 Å². The van der Waals surface area contributed by atoms with E-state index in [1.165, 1.54) is 40.7 Å². The van der Waals surface area contributed by atoms with Crippen LogP contribution in [0.3, 0.4) is 0 Å². The van der Waals surface area contributed by atoms with Crippen molar-refractivity contribution < 1.29 is 11.6 Å². The molecule has 1 atom stereocenters. The Labute approximate surface area is 165 Å². The van der Waals surface area contributed by atoms with Crippen LogP contribution in [0.1, 0.15) is 56.1 Å². The van der Waals surface area contributed by atoms with E-state index < -0.39 is 6.29 Å². The van der Waals surface area contributed by atoms with Crippen molar-refractivity contribution in [1.82, 2.24) is 4.90 Å². The largest absolute Gasteiger partial charge is 0.368 e. The normalized spacial score (nSPS) is 18.1. The monoisotopic (exact) mass is 368 g/mol. The van der Waals surface area contributed by atoms with Crippen LogP contribution in [0, 0.1) is 12.8 Å². The molecule has 0 amide bonds. The maximum Gasteiger partial charge on any atom is 0.148 e. The zero-order valence-electron chi connectivity index (χ0n) is 17.1. The molecule has 2 aromatic rings. The number of likely N-dealkylation sites (N-methyl/N-ethyl adjacent to an activating group) is 1. The van der Waals surface area contributed by atoms with Gasteiger partial charge in [-0.05, 0) is 49.6 Å². The van der Waals surface area contributed by atoms with E-state index in [0.29, 0.717) is 6.04 Å². The lowest BCUT2D eigenvalue weighted by Crippen LogP contribution is -2.32. The minimum absolute atomic E-state index is 0. The molecule has 0 aromatic heterocycles. The third-order valence-electron chi connectivity index (χ3n) is 4.67. The first kappa shape index (κ1) is 21.4. The highest BCUT2D eigenvalue weighted by Gasteiger charge is 2.27. The van der Waals surface area contributed by atoms with Crippen molar-refractivity contribution in [1.29, 1.82) is 0 Å². The predicted molar refractivity (Wildman–Crippen MR) is 115 cm³/mol. The molecule has 0 fully saturated rings. The highest BCUT2D eigenvalue weighted by molar-refractivity contribution is 5.57. The lowest BCUT2D eigenvalue weighted by atomic mass is 9.86. The summed E-state index contributed by atoms with van der Waals surface area (Å²) < 4.78 is 0. The Balaban J connectivity index is 0.000000503. The van der Waals surface area contributed by atoms with Gasteiger partial charge in [0.1, 0.15) is 6.29 Å². The average Bonchev–Trinajstić information content (AvgIpc) is 3.49. The van der Waals surface area contributed by atoms with Crippen molar-refractivity contribution in [3.63, 3.8) is 0 Å². The summed E-state index contributed by atoms with van der Waals surface area (Å²) >= 11 is 0. The molecule has 147 valence electrons. The molecule has 3 heteroatoms. The van der Waals surface area contributed by atoms with Crippen LogP contribution in [-0.2, 0) is 6.42 Å². The summed E-state index contributed by atoms with van der Waals surface area (Å²) in [6.07, 6.45) is 4.36. The third kappa shape index (κ3) is 5.77. The first-order valence-electron chi connectivity index (χ1n) is 9.77. The van der Waals surface area contributed by atoms with Crippen LogP contribution in [0.4, 0.5) is 0 Å². The molecule has 0 saturated heterocycles. The molecule has 1 heterocycles. The van der Waals surface area contributed by atoms with E-state index in [0.717, 1.165) is 13.0 Å². The number of benzene rings is 2. The number of aryl methyl sites for hydroxylation is 1. The van der Waals surface area contributed by atoms with Gasteiger partial charge < -0.3 is 10.2 Å². The topological polar surface area (TPSA) is 43.7 Å². The van der Waals surface area contributed by atoms with Crippen LogP contribution >= 0.6 is 0 Å². The molecule has 3 nitrogen and oxygen atoms in total. The van der Waals surface area contributed by atoms with E-state index in [-0.39, 0.29) is 1.43 Å². The van der Waals surface area contributed by atoms with Crippen molar-refractivity contribution in [3.8, 4) is 0 Å². The maximum absolute atomic E-state index is 7.61. The molecule has 1 radical (unpaired) electrons. The zero-order chi connectivity index (χ0) is 20.0. The lowest BCUT2D eigenvalue weighted by molar-refractivity contribution is -0.0228. The Morgan fingerprint density at radius 2 is 1.63 bits per heavy atom. The summed E-state index contributed by atoms with van der Waals surface area (Å²) in [6.45, 7) is 8.55. The number of rotatable bonds is 2. The molecular formula is C24H34NO2. The highest BCUT2D eigenvalue weighted by atomic mass is 16.5. The fraction of sp³-hybridized carbons (Fsp3) is 0.375. The van der Waals surface area contributed by atoms with Crippen LogP contribution in [0.15, 0.2) is 54.6 Å². The average molecular weight is 369 g/mol. The van der Waals surface area contributed by atoms with Crippen molar-refractivity contribution in [2.45, 2.75) is 46.4 Å². The van der Waals surface area contributed by atoms with Gasteiger partial charge in [0.15, 0.2) is 0 Å². The molecule has 0 spiro atoms. The summed E-state index contributed by atoms with van der Waals surface area (Å²) in [7, 11) is 2.23. The van der Waals surface area contributed by atoms with Crippen LogP contribution in [0.25, 0.3) is 0 Å². The van der Waals surface area contributed by atoms with Gasteiger partial charge >= 0.3 is 0 Å². The highest BCUT2D eigenvalue weighted by Crippen LogP contribution is 2.37. The van der Waals surface area contributed by atoms with Gasteiger partial charge in [-0.3, -0.25) is 4.90 Å². The van der Waals surface area contributed by atoms with E-state index in [4.69, 9.17) is 10.2 Å². The number of fused-ring (bicyclic) bond motifs is 1. The fourth-order valence-electron chi connectivity index (χ4n) is 3.35. The Morgan fingerprint density at radius 1 is 1.04 bits per heavy atom. The third-order valence-corrected chi connectivity index (χ3v) is 4.67. The van der Waals surface area contributed by atoms with E-state index in [1.54, 1.807) is 0 Å². The van der Waals surface area contributed by atoms with Gasteiger partial charge in [-0.1, -0.05) is 74.0 Å². The van der Waals surface area contributed by atoms with Crippen LogP contribution in [0.5, 0.6) is 0 Å². The number of aliphatic hydroxyl groups excluding tert-OH is 1. The van der Waals surface area contributed by atoms with Crippen molar-refractivity contribution >= 4 is 0 Å². The maximum atomic E-state index is 7.61. The van der Waals surface area contributed by atoms with Gasteiger partial charge in [-0.25, -0.2) is 0 Å². The molecule has 0 saturated carbocycles. The van der Waals surface area contributed by atoms with Gasteiger partial charge in [0, 0.05) is 13.9 Å². The SMILES string of the molecule is CC.CC(O)O.Cc1ccc(C2c3ccc([C]4C=C4)cc3CCN2C)cc1.[HH]. The fourth-order valence-corrected chi connectivity index (χ4v) is 3.35. The number of aliphatic hydroxyl groups is 2. The number of allylic oxidation sites excluding steroid dienone is 2. The number of hydrogen-bond acceptors (Lipinski definition) is 3. The molecule has 0 bridgehead atoms. The number of hydrogen-bond donors (Lipinski definition) is 2. The summed E-state index contributed by atoms with van der Waals surface area (Å²) in [5.74, 6) is 1.39. The van der Waals surface area contributed by atoms with E-state index >= 15 is 0 Å². The standard InChI is InChI=1S/C20H20N.C2H6O2.C2H6.H2/c1-14-3-5-16(6-4-14)20-19-10-9-17(15-7-8-15)13-18(19)11-12-21(20)2;1-2(3)4;1-2;/h3-10,13,20H,11-12H2,1-2H3;2-4H,1H3;1-2H3;1H. The quantitative estimate of drug-likeness (QED) is 0.758. The van der Waals surface area contributed by atoms with Gasteiger partial charge in [0.05, 0.1) is 6.04 Å². The second-order valence-electron chi connectivity index (χ2n) is 6.88. The van der Waals surface area contributed by atoms with Crippen molar-refractivity contribution in [2.24, 2.45) is 0 Å². The summed E-state index contributed by atoms with van der Waals surface area (Å²) in [4.78, 5) is 2.47. The van der Waals surface area contributed by atoms with Gasteiger partial charge in [-0.15, -0.1) is 0 Å². The van der Waals surface area contributed by atoms with Crippen molar-refractivity contribution in [3.05, 3.63) is 88.4 Å². The molecule has 1 aliphatic heterocycles. The first-order chi connectivity index (χ1) is 13.0. The Morgan fingerprint density at radius 3 is 2.19 bits per heavy atom. The lowest BCUT2D eigenvalue weighted by Gasteiger charge is -2.35. The summed E-state index contributed by atoms with van der Waals surface area (Å²) in [5, 5.41) is 15.2. The zero-order valence-corrected chi connectivity index (χ0v) is 17.1. The second-order valence-corrected chi connectivity index (χ2v) is 6.88. The first-order valence-corrected chi connectivity index (χ1v) is 9.77. The molecule has 1 aliphatic carbocycles. The molecule has 1 unspecified atom stereocenters. The minimum atomic E-state index is -1.17. The van der Waals surface area contributed by atoms with Gasteiger partial charge in [0.25, 0.3) is 0 Å². The van der Waals surface area contributed by atoms with Gasteiger partial charge in [0.2, 0.25) is 0 Å². The summed E-state index contributed by atoms with van der Waals surface area (Å²) in [5.41, 5.74) is 7.08. The Kier molecular flexibility index (Phi) is 7.78. The molecule has 27 heavy (non-hydrogen) atoms. The Bertz CT molecular complexity index is 747.